The molecule has 1 aliphatic heterocycles. The summed E-state index contributed by atoms with van der Waals surface area (Å²) in [5.74, 6) is 0. The second-order valence-electron chi connectivity index (χ2n) is 7.03. The molecule has 1 saturated heterocycles. The maximum absolute atomic E-state index is 6.35. The first-order valence-corrected chi connectivity index (χ1v) is 8.50. The van der Waals surface area contributed by atoms with Crippen molar-refractivity contribution < 1.29 is 4.74 Å². The quantitative estimate of drug-likeness (QED) is 0.822. The molecule has 1 aliphatic rings. The molecule has 1 fully saturated rings. The molecule has 0 spiro atoms. The minimum Gasteiger partial charge on any atom is -0.378 e. The van der Waals surface area contributed by atoms with Crippen LogP contribution in [-0.4, -0.2) is 12.7 Å². The highest BCUT2D eigenvalue weighted by Gasteiger charge is 2.19. The van der Waals surface area contributed by atoms with Crippen molar-refractivity contribution in [3.8, 4) is 0 Å². The minimum absolute atomic E-state index is 0.134. The van der Waals surface area contributed by atoms with Crippen LogP contribution in [0.15, 0.2) is 24.3 Å². The third-order valence-electron chi connectivity index (χ3n) is 5.08. The summed E-state index contributed by atoms with van der Waals surface area (Å²) < 4.78 is 5.79. The lowest BCUT2D eigenvalue weighted by molar-refractivity contribution is 0.00912. The summed E-state index contributed by atoms with van der Waals surface area (Å²) in [6.07, 6.45) is 7.42. The average Bonchev–Trinajstić information content (AvgIpc) is 2.53. The van der Waals surface area contributed by atoms with E-state index in [1.807, 2.05) is 0 Å². The Morgan fingerprint density at radius 1 is 1.24 bits per heavy atom. The van der Waals surface area contributed by atoms with Gasteiger partial charge in [0.2, 0.25) is 0 Å². The van der Waals surface area contributed by atoms with Gasteiger partial charge >= 0.3 is 0 Å². The van der Waals surface area contributed by atoms with Crippen LogP contribution in [0.3, 0.4) is 0 Å². The first-order valence-electron chi connectivity index (χ1n) is 8.50. The van der Waals surface area contributed by atoms with Crippen LogP contribution < -0.4 is 5.73 Å². The predicted molar refractivity (Wildman–Crippen MR) is 89.5 cm³/mol. The van der Waals surface area contributed by atoms with Gasteiger partial charge in [-0.15, -0.1) is 0 Å². The molecular formula is C19H31NO. The van der Waals surface area contributed by atoms with Crippen molar-refractivity contribution in [3.05, 3.63) is 35.4 Å². The number of rotatable bonds is 6. The fraction of sp³-hybridized carbons (Fsp3) is 0.684. The van der Waals surface area contributed by atoms with Gasteiger partial charge in [-0.05, 0) is 55.1 Å². The Hall–Kier alpha value is -0.860. The maximum atomic E-state index is 6.35. The van der Waals surface area contributed by atoms with Crippen LogP contribution in [0.4, 0.5) is 0 Å². The van der Waals surface area contributed by atoms with Gasteiger partial charge in [0.25, 0.3) is 0 Å². The molecule has 1 aromatic rings. The fourth-order valence-corrected chi connectivity index (χ4v) is 2.95. The molecule has 0 aliphatic carbocycles. The fourth-order valence-electron chi connectivity index (χ4n) is 2.95. The summed E-state index contributed by atoms with van der Waals surface area (Å²) >= 11 is 0. The third-order valence-corrected chi connectivity index (χ3v) is 5.08. The Kier molecular flexibility index (Phi) is 5.83. The van der Waals surface area contributed by atoms with E-state index in [2.05, 4.69) is 45.0 Å². The molecule has 1 heterocycles. The van der Waals surface area contributed by atoms with Gasteiger partial charge in [0.1, 0.15) is 0 Å². The molecule has 0 amide bonds. The van der Waals surface area contributed by atoms with Gasteiger partial charge in [-0.3, -0.25) is 0 Å². The van der Waals surface area contributed by atoms with Crippen LogP contribution in [0.1, 0.15) is 76.5 Å². The molecule has 2 N–H and O–H groups in total. The highest BCUT2D eigenvalue weighted by molar-refractivity contribution is 5.29. The Bertz CT molecular complexity index is 418. The summed E-state index contributed by atoms with van der Waals surface area (Å²) in [5.41, 5.74) is 9.25. The monoisotopic (exact) mass is 289 g/mol. The Morgan fingerprint density at radius 3 is 2.52 bits per heavy atom. The topological polar surface area (TPSA) is 35.2 Å². The van der Waals surface area contributed by atoms with Crippen molar-refractivity contribution >= 4 is 0 Å². The molecule has 0 aromatic heterocycles. The Labute approximate surface area is 130 Å². The molecular weight excluding hydrogens is 258 g/mol. The van der Waals surface area contributed by atoms with Crippen molar-refractivity contribution in [2.75, 3.05) is 6.61 Å². The van der Waals surface area contributed by atoms with Gasteiger partial charge in [0.05, 0.1) is 6.10 Å². The number of benzene rings is 1. The summed E-state index contributed by atoms with van der Waals surface area (Å²) in [6, 6.07) is 9.04. The van der Waals surface area contributed by atoms with Gasteiger partial charge in [0, 0.05) is 12.6 Å². The number of hydrogen-bond acceptors (Lipinski definition) is 2. The van der Waals surface area contributed by atoms with E-state index >= 15 is 0 Å². The summed E-state index contributed by atoms with van der Waals surface area (Å²) in [4.78, 5) is 0. The largest absolute Gasteiger partial charge is 0.378 e. The molecule has 2 unspecified atom stereocenters. The highest BCUT2D eigenvalue weighted by atomic mass is 16.5. The average molecular weight is 289 g/mol. The smallest absolute Gasteiger partial charge is 0.0575 e. The van der Waals surface area contributed by atoms with Crippen molar-refractivity contribution in [3.63, 3.8) is 0 Å². The van der Waals surface area contributed by atoms with E-state index in [0.717, 1.165) is 25.9 Å². The van der Waals surface area contributed by atoms with Crippen molar-refractivity contribution in [1.82, 2.24) is 0 Å². The van der Waals surface area contributed by atoms with E-state index < -0.39 is 0 Å². The molecule has 2 nitrogen and oxygen atoms in total. The Balaban J connectivity index is 1.88. The SMILES string of the molecule is CCC(C)(C)c1ccc(C(N)CCC2CCCCO2)cc1. The van der Waals surface area contributed by atoms with E-state index in [1.165, 1.54) is 30.4 Å². The normalized spacial score (nSPS) is 21.2. The molecule has 0 saturated carbocycles. The standard InChI is InChI=1S/C19H31NO/c1-4-19(2,3)16-10-8-15(9-11-16)18(20)13-12-17-7-5-6-14-21-17/h8-11,17-18H,4-7,12-14,20H2,1-3H3. The molecule has 2 atom stereocenters. The van der Waals surface area contributed by atoms with Crippen molar-refractivity contribution in [1.29, 1.82) is 0 Å². The molecule has 0 radical (unpaired) electrons. The first kappa shape index (κ1) is 16.5. The van der Waals surface area contributed by atoms with Crippen LogP contribution in [0.25, 0.3) is 0 Å². The van der Waals surface area contributed by atoms with Crippen LogP contribution in [-0.2, 0) is 10.2 Å². The van der Waals surface area contributed by atoms with E-state index in [0.29, 0.717) is 6.10 Å². The predicted octanol–water partition coefficient (Wildman–Crippen LogP) is 4.72. The molecule has 1 aromatic carbocycles. The second kappa shape index (κ2) is 7.42. The van der Waals surface area contributed by atoms with Gasteiger partial charge in [-0.25, -0.2) is 0 Å². The second-order valence-corrected chi connectivity index (χ2v) is 7.03. The number of hydrogen-bond donors (Lipinski definition) is 1. The van der Waals surface area contributed by atoms with Gasteiger partial charge in [0.15, 0.2) is 0 Å². The molecule has 118 valence electrons. The lowest BCUT2D eigenvalue weighted by Gasteiger charge is -2.25. The van der Waals surface area contributed by atoms with Crippen LogP contribution in [0.5, 0.6) is 0 Å². The lowest BCUT2D eigenvalue weighted by Crippen LogP contribution is -2.21. The van der Waals surface area contributed by atoms with Crippen molar-refractivity contribution in [2.45, 2.75) is 76.9 Å². The van der Waals surface area contributed by atoms with Crippen LogP contribution in [0, 0.1) is 0 Å². The third kappa shape index (κ3) is 4.55. The molecule has 21 heavy (non-hydrogen) atoms. The zero-order valence-corrected chi connectivity index (χ0v) is 13.9. The van der Waals surface area contributed by atoms with E-state index in [-0.39, 0.29) is 11.5 Å². The van der Waals surface area contributed by atoms with Gasteiger partial charge in [-0.1, -0.05) is 45.0 Å². The lowest BCUT2D eigenvalue weighted by atomic mass is 9.81. The van der Waals surface area contributed by atoms with Gasteiger partial charge in [-0.2, -0.15) is 0 Å². The number of nitrogens with two attached hydrogens (primary N) is 1. The Morgan fingerprint density at radius 2 is 1.95 bits per heavy atom. The zero-order valence-electron chi connectivity index (χ0n) is 13.9. The van der Waals surface area contributed by atoms with E-state index in [1.54, 1.807) is 0 Å². The first-order chi connectivity index (χ1) is 10.0. The highest BCUT2D eigenvalue weighted by Crippen LogP contribution is 2.28. The van der Waals surface area contributed by atoms with Gasteiger partial charge < -0.3 is 10.5 Å². The number of ether oxygens (including phenoxy) is 1. The van der Waals surface area contributed by atoms with Crippen LogP contribution >= 0.6 is 0 Å². The summed E-state index contributed by atoms with van der Waals surface area (Å²) in [6.45, 7) is 7.76. The molecule has 2 rings (SSSR count). The van der Waals surface area contributed by atoms with Crippen LogP contribution in [0.2, 0.25) is 0 Å². The summed E-state index contributed by atoms with van der Waals surface area (Å²) in [7, 11) is 0. The molecule has 0 bridgehead atoms. The zero-order chi connectivity index (χ0) is 15.3. The van der Waals surface area contributed by atoms with E-state index in [4.69, 9.17) is 10.5 Å². The van der Waals surface area contributed by atoms with Crippen molar-refractivity contribution in [2.24, 2.45) is 5.73 Å². The van der Waals surface area contributed by atoms with E-state index in [9.17, 15) is 0 Å². The summed E-state index contributed by atoms with van der Waals surface area (Å²) in [5, 5.41) is 0. The maximum Gasteiger partial charge on any atom is 0.0575 e. The minimum atomic E-state index is 0.134. The molecule has 2 heteroatoms.